The van der Waals surface area contributed by atoms with E-state index in [4.69, 9.17) is 0 Å². The predicted molar refractivity (Wildman–Crippen MR) is 101 cm³/mol. The number of sulfonamides is 1. The molecule has 1 aliphatic heterocycles. The van der Waals surface area contributed by atoms with Gasteiger partial charge in [0.1, 0.15) is 0 Å². The summed E-state index contributed by atoms with van der Waals surface area (Å²) in [5.41, 5.74) is 1.86. The van der Waals surface area contributed by atoms with Crippen LogP contribution in [-0.2, 0) is 16.4 Å². The Hall–Kier alpha value is -2.78. The van der Waals surface area contributed by atoms with E-state index in [0.29, 0.717) is 24.2 Å². The third-order valence-corrected chi connectivity index (χ3v) is 6.51. The van der Waals surface area contributed by atoms with Crippen LogP contribution in [0.25, 0.3) is 0 Å². The van der Waals surface area contributed by atoms with Gasteiger partial charge in [0.2, 0.25) is 10.0 Å². The lowest BCUT2D eigenvalue weighted by atomic mass is 10.1. The third-order valence-electron chi connectivity index (χ3n) is 4.70. The highest BCUT2D eigenvalue weighted by Gasteiger charge is 2.30. The van der Waals surface area contributed by atoms with Gasteiger partial charge in [0.15, 0.2) is 0 Å². The van der Waals surface area contributed by atoms with Crippen LogP contribution in [0.3, 0.4) is 0 Å². The standard InChI is InChI=1S/C18H19N3O5S/c1-12-15(5-4-6-16(12)21(23)24)18(22)20-10-9-13-11-14(7-8-17(13)20)27(25,26)19(2)3/h4-8,11H,9-10H2,1-3H3. The molecule has 0 radical (unpaired) electrons. The molecule has 0 saturated heterocycles. The topological polar surface area (TPSA) is 101 Å². The van der Waals surface area contributed by atoms with E-state index in [1.807, 2.05) is 0 Å². The molecular formula is C18H19N3O5S. The molecule has 0 aliphatic carbocycles. The monoisotopic (exact) mass is 389 g/mol. The van der Waals surface area contributed by atoms with Crippen molar-refractivity contribution in [3.8, 4) is 0 Å². The smallest absolute Gasteiger partial charge is 0.273 e. The molecule has 9 heteroatoms. The van der Waals surface area contributed by atoms with E-state index in [9.17, 15) is 23.3 Å². The average molecular weight is 389 g/mol. The fourth-order valence-electron chi connectivity index (χ4n) is 3.16. The number of fused-ring (bicyclic) bond motifs is 1. The molecular weight excluding hydrogens is 370 g/mol. The number of rotatable bonds is 4. The van der Waals surface area contributed by atoms with E-state index in [2.05, 4.69) is 0 Å². The third kappa shape index (κ3) is 3.19. The number of nitro groups is 1. The maximum Gasteiger partial charge on any atom is 0.273 e. The van der Waals surface area contributed by atoms with Crippen molar-refractivity contribution in [1.29, 1.82) is 0 Å². The van der Waals surface area contributed by atoms with Crippen molar-refractivity contribution >= 4 is 27.3 Å². The molecule has 0 fully saturated rings. The van der Waals surface area contributed by atoms with Crippen molar-refractivity contribution in [3.05, 3.63) is 63.2 Å². The molecule has 142 valence electrons. The van der Waals surface area contributed by atoms with Crippen LogP contribution in [-0.4, -0.2) is 44.2 Å². The highest BCUT2D eigenvalue weighted by molar-refractivity contribution is 7.89. The van der Waals surface area contributed by atoms with Crippen LogP contribution in [0.1, 0.15) is 21.5 Å². The number of carbonyl (C=O) groups excluding carboxylic acids is 1. The van der Waals surface area contributed by atoms with Gasteiger partial charge in [-0.05, 0) is 43.2 Å². The molecule has 27 heavy (non-hydrogen) atoms. The van der Waals surface area contributed by atoms with Gasteiger partial charge in [0.05, 0.1) is 9.82 Å². The molecule has 0 spiro atoms. The van der Waals surface area contributed by atoms with Crippen LogP contribution < -0.4 is 4.90 Å². The van der Waals surface area contributed by atoms with Crippen molar-refractivity contribution in [1.82, 2.24) is 4.31 Å². The van der Waals surface area contributed by atoms with Gasteiger partial charge >= 0.3 is 0 Å². The zero-order chi connectivity index (χ0) is 19.9. The van der Waals surface area contributed by atoms with Crippen LogP contribution in [0.2, 0.25) is 0 Å². The number of nitrogens with zero attached hydrogens (tertiary/aromatic N) is 3. The molecule has 8 nitrogen and oxygen atoms in total. The van der Waals surface area contributed by atoms with Gasteiger partial charge in [0.25, 0.3) is 11.6 Å². The first-order valence-corrected chi connectivity index (χ1v) is 9.70. The minimum Gasteiger partial charge on any atom is -0.308 e. The number of carbonyl (C=O) groups is 1. The van der Waals surface area contributed by atoms with Gasteiger partial charge in [-0.15, -0.1) is 0 Å². The Kier molecular flexibility index (Phi) is 4.75. The summed E-state index contributed by atoms with van der Waals surface area (Å²) in [6.07, 6.45) is 0.520. The van der Waals surface area contributed by atoms with Gasteiger partial charge < -0.3 is 4.90 Å². The van der Waals surface area contributed by atoms with E-state index in [1.54, 1.807) is 25.1 Å². The lowest BCUT2D eigenvalue weighted by molar-refractivity contribution is -0.385. The van der Waals surface area contributed by atoms with Crippen LogP contribution in [0.4, 0.5) is 11.4 Å². The summed E-state index contributed by atoms with van der Waals surface area (Å²) in [7, 11) is -0.632. The van der Waals surface area contributed by atoms with Gasteiger partial charge in [0, 0.05) is 43.5 Å². The molecule has 1 heterocycles. The molecule has 0 unspecified atom stereocenters. The quantitative estimate of drug-likeness (QED) is 0.590. The van der Waals surface area contributed by atoms with Gasteiger partial charge in [-0.2, -0.15) is 0 Å². The summed E-state index contributed by atoms with van der Waals surface area (Å²) in [6.45, 7) is 1.94. The van der Waals surface area contributed by atoms with Crippen LogP contribution in [0.5, 0.6) is 0 Å². The van der Waals surface area contributed by atoms with Crippen LogP contribution >= 0.6 is 0 Å². The Bertz CT molecular complexity index is 1050. The summed E-state index contributed by atoms with van der Waals surface area (Å²) in [5.74, 6) is -0.335. The minimum atomic E-state index is -3.56. The minimum absolute atomic E-state index is 0.104. The van der Waals surface area contributed by atoms with Gasteiger partial charge in [-0.1, -0.05) is 6.07 Å². The fraction of sp³-hybridized carbons (Fsp3) is 0.278. The van der Waals surface area contributed by atoms with E-state index in [-0.39, 0.29) is 22.1 Å². The Balaban J connectivity index is 1.99. The zero-order valence-electron chi connectivity index (χ0n) is 15.2. The summed E-state index contributed by atoms with van der Waals surface area (Å²) in [6, 6.07) is 9.08. The molecule has 0 atom stereocenters. The van der Waals surface area contributed by atoms with Crippen LogP contribution in [0.15, 0.2) is 41.3 Å². The second-order valence-corrected chi connectivity index (χ2v) is 8.64. The number of anilines is 1. The van der Waals surface area contributed by atoms with Crippen molar-refractivity contribution < 1.29 is 18.1 Å². The van der Waals surface area contributed by atoms with Gasteiger partial charge in [-0.3, -0.25) is 14.9 Å². The normalized spacial score (nSPS) is 13.7. The van der Waals surface area contributed by atoms with Crippen molar-refractivity contribution in [2.24, 2.45) is 0 Å². The van der Waals surface area contributed by atoms with E-state index < -0.39 is 14.9 Å². The largest absolute Gasteiger partial charge is 0.308 e. The van der Waals surface area contributed by atoms with E-state index in [0.717, 1.165) is 9.87 Å². The lowest BCUT2D eigenvalue weighted by Gasteiger charge is -2.19. The van der Waals surface area contributed by atoms with Crippen molar-refractivity contribution in [2.45, 2.75) is 18.2 Å². The van der Waals surface area contributed by atoms with Crippen LogP contribution in [0, 0.1) is 17.0 Å². The fourth-order valence-corrected chi connectivity index (χ4v) is 4.11. The zero-order valence-corrected chi connectivity index (χ0v) is 16.0. The maximum absolute atomic E-state index is 13.0. The Labute approximate surface area is 157 Å². The summed E-state index contributed by atoms with van der Waals surface area (Å²) < 4.78 is 25.7. The first kappa shape index (κ1) is 19.0. The highest BCUT2D eigenvalue weighted by Crippen LogP contribution is 2.33. The molecule has 2 aromatic carbocycles. The van der Waals surface area contributed by atoms with Crippen molar-refractivity contribution in [2.75, 3.05) is 25.5 Å². The summed E-state index contributed by atoms with van der Waals surface area (Å²) >= 11 is 0. The van der Waals surface area contributed by atoms with E-state index in [1.165, 1.54) is 37.2 Å². The number of nitro benzene ring substituents is 1. The molecule has 1 aliphatic rings. The number of amides is 1. The van der Waals surface area contributed by atoms with Crippen molar-refractivity contribution in [3.63, 3.8) is 0 Å². The Morgan fingerprint density at radius 1 is 1.22 bits per heavy atom. The number of hydrogen-bond acceptors (Lipinski definition) is 5. The van der Waals surface area contributed by atoms with Gasteiger partial charge in [-0.25, -0.2) is 12.7 Å². The highest BCUT2D eigenvalue weighted by atomic mass is 32.2. The second kappa shape index (κ2) is 6.75. The lowest BCUT2D eigenvalue weighted by Crippen LogP contribution is -2.29. The molecule has 3 rings (SSSR count). The molecule has 2 aromatic rings. The molecule has 0 saturated carbocycles. The SMILES string of the molecule is Cc1c(C(=O)N2CCc3cc(S(=O)(=O)N(C)C)ccc32)cccc1[N+](=O)[O-]. The number of hydrogen-bond donors (Lipinski definition) is 0. The predicted octanol–water partition coefficient (Wildman–Crippen LogP) is 2.36. The Morgan fingerprint density at radius 3 is 2.56 bits per heavy atom. The molecule has 0 aromatic heterocycles. The summed E-state index contributed by atoms with van der Waals surface area (Å²) in [5, 5.41) is 11.1. The molecule has 0 N–H and O–H groups in total. The Morgan fingerprint density at radius 2 is 1.93 bits per heavy atom. The maximum atomic E-state index is 13.0. The first-order valence-electron chi connectivity index (χ1n) is 8.26. The summed E-state index contributed by atoms with van der Waals surface area (Å²) in [4.78, 5) is 25.3. The molecule has 0 bridgehead atoms. The molecule has 1 amide bonds. The second-order valence-electron chi connectivity index (χ2n) is 6.49. The first-order chi connectivity index (χ1) is 12.6. The number of benzene rings is 2. The van der Waals surface area contributed by atoms with E-state index >= 15 is 0 Å². The average Bonchev–Trinajstić information content (AvgIpc) is 3.04.